The van der Waals surface area contributed by atoms with Gasteiger partial charge in [0.1, 0.15) is 0 Å². The molecule has 0 heterocycles. The van der Waals surface area contributed by atoms with Crippen LogP contribution in [0, 0.1) is 10.1 Å². The van der Waals surface area contributed by atoms with E-state index in [-0.39, 0.29) is 6.61 Å². The van der Waals surface area contributed by atoms with Gasteiger partial charge >= 0.3 is 0 Å². The summed E-state index contributed by atoms with van der Waals surface area (Å²) in [6.45, 7) is 3.95. The predicted octanol–water partition coefficient (Wildman–Crippen LogP) is 0.577. The molecule has 84 valence electrons. The molecule has 6 nitrogen and oxygen atoms in total. The molecular weight excluding hydrogens is 188 g/mol. The zero-order chi connectivity index (χ0) is 11.2. The first-order valence-electron chi connectivity index (χ1n) is 4.45. The lowest BCUT2D eigenvalue weighted by molar-refractivity contribution is -0.742. The van der Waals surface area contributed by atoms with Gasteiger partial charge in [0, 0.05) is 13.1 Å². The summed E-state index contributed by atoms with van der Waals surface area (Å²) in [5, 5.41) is 25.1. The Balaban J connectivity index is 0. The summed E-state index contributed by atoms with van der Waals surface area (Å²) in [6, 6.07) is 0. The largest absolute Gasteiger partial charge is 0.395 e. The van der Waals surface area contributed by atoms with Gasteiger partial charge in [-0.25, -0.2) is 0 Å². The van der Waals surface area contributed by atoms with E-state index in [1.54, 1.807) is 0 Å². The lowest BCUT2D eigenvalue weighted by atomic mass is 10.3. The standard InChI is InChI=1S/C8H17NO.HNO3/c1-2-3-4-5-6-9-7-8-10;2-1(3)4/h4-5,9-10H,2-3,6-8H2,1H3;(H,2,3,4). The van der Waals surface area contributed by atoms with Gasteiger partial charge in [-0.1, -0.05) is 25.5 Å². The summed E-state index contributed by atoms with van der Waals surface area (Å²) >= 11 is 0. The highest BCUT2D eigenvalue weighted by Gasteiger charge is 1.78. The first kappa shape index (κ1) is 15.3. The average Bonchev–Trinajstić information content (AvgIpc) is 2.10. The number of allylic oxidation sites excluding steroid dienone is 1. The Morgan fingerprint density at radius 2 is 2.07 bits per heavy atom. The molecule has 0 radical (unpaired) electrons. The van der Waals surface area contributed by atoms with Crippen LogP contribution >= 0.6 is 0 Å². The van der Waals surface area contributed by atoms with Gasteiger partial charge < -0.3 is 15.6 Å². The minimum absolute atomic E-state index is 0.224. The molecule has 3 N–H and O–H groups in total. The van der Waals surface area contributed by atoms with E-state index in [1.807, 2.05) is 0 Å². The Bertz CT molecular complexity index is 146. The minimum atomic E-state index is -1.50. The number of rotatable bonds is 6. The van der Waals surface area contributed by atoms with Crippen molar-refractivity contribution in [1.29, 1.82) is 0 Å². The van der Waals surface area contributed by atoms with E-state index < -0.39 is 5.09 Å². The van der Waals surface area contributed by atoms with Crippen molar-refractivity contribution >= 4 is 0 Å². The molecule has 0 unspecified atom stereocenters. The molecule has 14 heavy (non-hydrogen) atoms. The Labute approximate surface area is 83.4 Å². The van der Waals surface area contributed by atoms with Gasteiger partial charge in [-0.05, 0) is 6.42 Å². The highest BCUT2D eigenvalue weighted by atomic mass is 16.9. The van der Waals surface area contributed by atoms with Crippen LogP contribution in [-0.2, 0) is 0 Å². The van der Waals surface area contributed by atoms with E-state index in [0.717, 1.165) is 13.0 Å². The molecule has 0 aliphatic heterocycles. The van der Waals surface area contributed by atoms with Crippen LogP contribution in [0.3, 0.4) is 0 Å². The van der Waals surface area contributed by atoms with Crippen molar-refractivity contribution in [2.45, 2.75) is 19.8 Å². The van der Waals surface area contributed by atoms with Crippen molar-refractivity contribution in [3.8, 4) is 0 Å². The zero-order valence-electron chi connectivity index (χ0n) is 8.35. The molecule has 6 heteroatoms. The Morgan fingerprint density at radius 3 is 2.50 bits per heavy atom. The highest BCUT2D eigenvalue weighted by molar-refractivity contribution is 4.82. The second kappa shape index (κ2) is 14.4. The van der Waals surface area contributed by atoms with Crippen LogP contribution in [-0.4, -0.2) is 35.1 Å². The first-order valence-corrected chi connectivity index (χ1v) is 4.45. The fraction of sp³-hybridized carbons (Fsp3) is 0.750. The lowest BCUT2D eigenvalue weighted by Gasteiger charge is -1.94. The number of hydrogen-bond donors (Lipinski definition) is 3. The van der Waals surface area contributed by atoms with Crippen molar-refractivity contribution in [2.75, 3.05) is 19.7 Å². The number of aliphatic hydroxyl groups is 1. The van der Waals surface area contributed by atoms with Gasteiger partial charge in [0.2, 0.25) is 0 Å². The number of unbranched alkanes of at least 4 members (excludes halogenated alkanes) is 1. The number of hydrogen-bond acceptors (Lipinski definition) is 4. The molecule has 0 fully saturated rings. The SMILES string of the molecule is CCCC=CCNCCO.O=[N+]([O-])O. The van der Waals surface area contributed by atoms with Crippen molar-refractivity contribution in [1.82, 2.24) is 5.32 Å². The van der Waals surface area contributed by atoms with Gasteiger partial charge in [-0.3, -0.25) is 0 Å². The summed E-state index contributed by atoms with van der Waals surface area (Å²) in [5.74, 6) is 0. The van der Waals surface area contributed by atoms with Crippen LogP contribution in [0.4, 0.5) is 0 Å². The second-order valence-corrected chi connectivity index (χ2v) is 2.43. The van der Waals surface area contributed by atoms with E-state index in [0.29, 0.717) is 6.54 Å². The minimum Gasteiger partial charge on any atom is -0.395 e. The lowest BCUT2D eigenvalue weighted by Crippen LogP contribution is -2.17. The molecule has 0 atom stereocenters. The van der Waals surface area contributed by atoms with Gasteiger partial charge in [0.05, 0.1) is 6.61 Å². The smallest absolute Gasteiger partial charge is 0.291 e. The monoisotopic (exact) mass is 206 g/mol. The molecule has 0 bridgehead atoms. The van der Waals surface area contributed by atoms with Crippen LogP contribution in [0.5, 0.6) is 0 Å². The number of nitrogens with one attached hydrogen (secondary N) is 1. The zero-order valence-corrected chi connectivity index (χ0v) is 8.35. The van der Waals surface area contributed by atoms with Gasteiger partial charge in [0.25, 0.3) is 5.09 Å². The molecule has 0 aromatic rings. The van der Waals surface area contributed by atoms with E-state index in [1.165, 1.54) is 6.42 Å². The van der Waals surface area contributed by atoms with E-state index >= 15 is 0 Å². The van der Waals surface area contributed by atoms with E-state index in [9.17, 15) is 0 Å². The third-order valence-corrected chi connectivity index (χ3v) is 1.17. The molecule has 0 saturated carbocycles. The molecule has 0 amide bonds. The molecule has 0 spiro atoms. The maximum Gasteiger partial charge on any atom is 0.291 e. The highest BCUT2D eigenvalue weighted by Crippen LogP contribution is 1.86. The molecule has 0 aromatic heterocycles. The van der Waals surface area contributed by atoms with E-state index in [4.69, 9.17) is 20.4 Å². The number of aliphatic hydroxyl groups excluding tert-OH is 1. The predicted molar refractivity (Wildman–Crippen MR) is 52.8 cm³/mol. The molecular formula is C8H18N2O4. The van der Waals surface area contributed by atoms with Gasteiger partial charge in [-0.15, -0.1) is 10.1 Å². The van der Waals surface area contributed by atoms with Crippen LogP contribution in [0.2, 0.25) is 0 Å². The molecule has 0 aliphatic rings. The quantitative estimate of drug-likeness (QED) is 0.255. The van der Waals surface area contributed by atoms with E-state index in [2.05, 4.69) is 24.4 Å². The summed E-state index contributed by atoms with van der Waals surface area (Å²) < 4.78 is 0. The van der Waals surface area contributed by atoms with Crippen LogP contribution < -0.4 is 5.32 Å². The Kier molecular flexibility index (Phi) is 15.8. The van der Waals surface area contributed by atoms with Crippen molar-refractivity contribution in [2.24, 2.45) is 0 Å². The summed E-state index contributed by atoms with van der Waals surface area (Å²) in [6.07, 6.45) is 6.61. The molecule has 0 aliphatic carbocycles. The van der Waals surface area contributed by atoms with Crippen LogP contribution in [0.1, 0.15) is 19.8 Å². The fourth-order valence-electron chi connectivity index (χ4n) is 0.632. The first-order chi connectivity index (χ1) is 6.65. The second-order valence-electron chi connectivity index (χ2n) is 2.43. The normalized spacial score (nSPS) is 9.57. The summed E-state index contributed by atoms with van der Waals surface area (Å²) in [5.41, 5.74) is 0. The van der Waals surface area contributed by atoms with Crippen LogP contribution in [0.25, 0.3) is 0 Å². The van der Waals surface area contributed by atoms with Crippen molar-refractivity contribution < 1.29 is 15.4 Å². The van der Waals surface area contributed by atoms with Crippen molar-refractivity contribution in [3.05, 3.63) is 22.3 Å². The van der Waals surface area contributed by atoms with Crippen LogP contribution in [0.15, 0.2) is 12.2 Å². The summed E-state index contributed by atoms with van der Waals surface area (Å²) in [7, 11) is 0. The average molecular weight is 206 g/mol. The Hall–Kier alpha value is -1.14. The van der Waals surface area contributed by atoms with Crippen molar-refractivity contribution in [3.63, 3.8) is 0 Å². The topological polar surface area (TPSA) is 95.6 Å². The third kappa shape index (κ3) is 30.7. The van der Waals surface area contributed by atoms with Gasteiger partial charge in [-0.2, -0.15) is 0 Å². The maximum absolute atomic E-state index is 8.38. The summed E-state index contributed by atoms with van der Waals surface area (Å²) in [4.78, 5) is 8.36. The maximum atomic E-state index is 8.38. The fourth-order valence-corrected chi connectivity index (χ4v) is 0.632. The molecule has 0 rings (SSSR count). The van der Waals surface area contributed by atoms with Gasteiger partial charge in [0.15, 0.2) is 0 Å². The third-order valence-electron chi connectivity index (χ3n) is 1.17. The molecule has 0 aromatic carbocycles. The number of nitrogens with zero attached hydrogens (tertiary/aromatic N) is 1. The molecule has 0 saturated heterocycles. The Morgan fingerprint density at radius 1 is 1.50 bits per heavy atom.